The summed E-state index contributed by atoms with van der Waals surface area (Å²) in [6.45, 7) is 0. The van der Waals surface area contributed by atoms with Gasteiger partial charge in [0, 0.05) is 0 Å². The molecule has 0 rings (SSSR count). The molecule has 4 heteroatoms. The van der Waals surface area contributed by atoms with Crippen LogP contribution in [0, 0.1) is 0 Å². The summed E-state index contributed by atoms with van der Waals surface area (Å²) < 4.78 is 0. The van der Waals surface area contributed by atoms with Crippen LogP contribution >= 0.6 is 0 Å². The van der Waals surface area contributed by atoms with E-state index in [0.29, 0.717) is 0 Å². The Balaban J connectivity index is -0.00000000500. The minimum Gasteiger partial charge on any atom is 0.316 e. The normalized spacial score (nSPS) is 1.25. The van der Waals surface area contributed by atoms with Crippen molar-refractivity contribution < 1.29 is 5.02 Å². The van der Waals surface area contributed by atoms with Crippen molar-refractivity contribution in [3.05, 3.63) is 0 Å². The van der Waals surface area contributed by atoms with E-state index in [-0.39, 0.29) is 60.8 Å². The van der Waals surface area contributed by atoms with Crippen molar-refractivity contribution in [1.82, 2.24) is 0 Å². The van der Waals surface area contributed by atoms with E-state index in [0.717, 1.165) is 8.05 Å². The van der Waals surface area contributed by atoms with Gasteiger partial charge in [0.25, 0.3) is 8.05 Å². The SMILES string of the molecule is BO.[CaH2].[MgH2]. The summed E-state index contributed by atoms with van der Waals surface area (Å²) in [5.41, 5.74) is 0. The van der Waals surface area contributed by atoms with Gasteiger partial charge in [-0.1, -0.05) is 0 Å². The third-order valence-electron chi connectivity index (χ3n) is 0. The van der Waals surface area contributed by atoms with Gasteiger partial charge in [-0.05, 0) is 0 Å². The molecule has 0 aromatic heterocycles. The first kappa shape index (κ1) is 16.6. The van der Waals surface area contributed by atoms with Crippen LogP contribution in [0.15, 0.2) is 0 Å². The molecule has 1 N–H and O–H groups in total. The Kier molecular flexibility index (Phi) is 81.7. The molecule has 1 nitrogen and oxygen atoms in total. The molecular formula is H7BCaMgO. The van der Waals surface area contributed by atoms with Gasteiger partial charge in [0.1, 0.15) is 0 Å². The fourth-order valence-corrected chi connectivity index (χ4v) is 0. The molecule has 4 heavy (non-hydrogen) atoms. The van der Waals surface area contributed by atoms with E-state index in [9.17, 15) is 0 Å². The molecule has 20 valence electrons. The number of hydrogen-bond donors (Lipinski definition) is 1. The van der Waals surface area contributed by atoms with Crippen LogP contribution in [0.25, 0.3) is 0 Å². The summed E-state index contributed by atoms with van der Waals surface area (Å²) >= 11 is 0. The summed E-state index contributed by atoms with van der Waals surface area (Å²) in [6.07, 6.45) is 0. The second kappa shape index (κ2) is 19.7. The van der Waals surface area contributed by atoms with E-state index in [4.69, 9.17) is 5.02 Å². The first-order valence-corrected chi connectivity index (χ1v) is 0.447. The van der Waals surface area contributed by atoms with Gasteiger partial charge in [0.05, 0.1) is 0 Å². The van der Waals surface area contributed by atoms with Crippen molar-refractivity contribution in [2.45, 2.75) is 0 Å². The van der Waals surface area contributed by atoms with Crippen molar-refractivity contribution >= 4 is 68.8 Å². The zero-order valence-corrected chi connectivity index (χ0v) is 1.45. The first-order valence-electron chi connectivity index (χ1n) is 0.447. The van der Waals surface area contributed by atoms with Crippen LogP contribution in [0.1, 0.15) is 0 Å². The van der Waals surface area contributed by atoms with E-state index >= 15 is 0 Å². The maximum absolute atomic E-state index is 7.00. The second-order valence-corrected chi connectivity index (χ2v) is 0. The minimum absolute atomic E-state index is 0. The molecule has 0 atom stereocenters. The third kappa shape index (κ3) is 8.96. The Morgan fingerprint density at radius 1 is 1.25 bits per heavy atom. The summed E-state index contributed by atoms with van der Waals surface area (Å²) in [4.78, 5) is 0. The predicted octanol–water partition coefficient (Wildman–Crippen LogP) is -3.31. The fraction of sp³-hybridized carbons (Fsp3) is 0. The minimum atomic E-state index is 0. The summed E-state index contributed by atoms with van der Waals surface area (Å²) in [6, 6.07) is 0. The standard InChI is InChI=1S/BH3O.Ca.Mg.4H/c1-2;;;;;;/h2H,1H2;;;;;;. The molecule has 0 saturated heterocycles. The molecule has 0 aliphatic rings. The van der Waals surface area contributed by atoms with Crippen LogP contribution in [0.5, 0.6) is 0 Å². The molecule has 0 aliphatic heterocycles. The van der Waals surface area contributed by atoms with Crippen LogP contribution in [0.2, 0.25) is 0 Å². The smallest absolute Gasteiger partial charge is 0.316 e. The monoisotopic (exact) mass is 98.0 g/mol. The van der Waals surface area contributed by atoms with Crippen molar-refractivity contribution in [2.24, 2.45) is 0 Å². The van der Waals surface area contributed by atoms with Crippen LogP contribution < -0.4 is 0 Å². The van der Waals surface area contributed by atoms with Crippen molar-refractivity contribution in [2.75, 3.05) is 0 Å². The molecule has 0 aromatic carbocycles. The van der Waals surface area contributed by atoms with Gasteiger partial charge in [-0.2, -0.15) is 0 Å². The molecule has 0 heterocycles. The van der Waals surface area contributed by atoms with Gasteiger partial charge in [0.2, 0.25) is 0 Å². The van der Waals surface area contributed by atoms with Gasteiger partial charge in [-0.3, -0.25) is 0 Å². The van der Waals surface area contributed by atoms with Gasteiger partial charge in [-0.25, -0.2) is 0 Å². The molecule has 0 fully saturated rings. The Labute approximate surface area is 72.7 Å². The van der Waals surface area contributed by atoms with Gasteiger partial charge >= 0.3 is 60.8 Å². The Morgan fingerprint density at radius 3 is 1.25 bits per heavy atom. The molecule has 0 spiro atoms. The van der Waals surface area contributed by atoms with E-state index in [1.807, 2.05) is 0 Å². The van der Waals surface area contributed by atoms with Crippen molar-refractivity contribution in [1.29, 1.82) is 0 Å². The Hall–Kier alpha value is 2.05. The molecule has 0 amide bonds. The predicted molar refractivity (Wildman–Crippen MR) is 27.9 cm³/mol. The van der Waals surface area contributed by atoms with Crippen LogP contribution in [-0.2, 0) is 0 Å². The zero-order valence-electron chi connectivity index (χ0n) is 1.45. The molecule has 0 radical (unpaired) electrons. The van der Waals surface area contributed by atoms with E-state index in [1.165, 1.54) is 0 Å². The van der Waals surface area contributed by atoms with Gasteiger partial charge in [0.15, 0.2) is 0 Å². The summed E-state index contributed by atoms with van der Waals surface area (Å²) in [7, 11) is 1.00. The zero-order chi connectivity index (χ0) is 2.00. The first-order chi connectivity index (χ1) is 1.00. The van der Waals surface area contributed by atoms with E-state index in [1.54, 1.807) is 0 Å². The van der Waals surface area contributed by atoms with Crippen molar-refractivity contribution in [3.8, 4) is 0 Å². The largest absolute Gasteiger partial charge is 0.316 e. The van der Waals surface area contributed by atoms with E-state index in [2.05, 4.69) is 0 Å². The fourth-order valence-electron chi connectivity index (χ4n) is 0. The topological polar surface area (TPSA) is 20.2 Å². The Morgan fingerprint density at radius 2 is 1.25 bits per heavy atom. The number of rotatable bonds is 0. The van der Waals surface area contributed by atoms with E-state index < -0.39 is 0 Å². The molecule has 0 aromatic rings. The molecule has 0 saturated carbocycles. The molecule has 0 aliphatic carbocycles. The molecule has 0 unspecified atom stereocenters. The van der Waals surface area contributed by atoms with Gasteiger partial charge < -0.3 is 5.02 Å². The Bertz CT molecular complexity index is 8.00. The third-order valence-corrected chi connectivity index (χ3v) is 0. The molecular weight excluding hydrogens is 91.2 g/mol. The average molecular weight is 98.3 g/mol. The summed E-state index contributed by atoms with van der Waals surface area (Å²) in [5, 5.41) is 7.00. The summed E-state index contributed by atoms with van der Waals surface area (Å²) in [5.74, 6) is 0. The van der Waals surface area contributed by atoms with Crippen LogP contribution in [-0.4, -0.2) is 73.9 Å². The number of hydrogen-bond acceptors (Lipinski definition) is 1. The maximum Gasteiger partial charge on any atom is 0.316 e. The molecule has 0 bridgehead atoms. The van der Waals surface area contributed by atoms with Crippen molar-refractivity contribution in [3.63, 3.8) is 0 Å². The quantitative estimate of drug-likeness (QED) is 0.315. The maximum atomic E-state index is 7.00. The second-order valence-electron chi connectivity index (χ2n) is 0. The average Bonchev–Trinajstić information content (AvgIpc) is 1.00. The van der Waals surface area contributed by atoms with Crippen LogP contribution in [0.4, 0.5) is 0 Å². The van der Waals surface area contributed by atoms with Crippen LogP contribution in [0.3, 0.4) is 0 Å². The van der Waals surface area contributed by atoms with Gasteiger partial charge in [-0.15, -0.1) is 0 Å².